The summed E-state index contributed by atoms with van der Waals surface area (Å²) < 4.78 is 31.7. The predicted octanol–water partition coefficient (Wildman–Crippen LogP) is 1.40. The molecule has 0 fully saturated rings. The molecule has 1 rings (SSSR count). The maximum Gasteiger partial charge on any atom is 0.242 e. The Morgan fingerprint density at radius 3 is 2.82 bits per heavy atom. The maximum absolute atomic E-state index is 12.2. The highest BCUT2D eigenvalue weighted by Crippen LogP contribution is 2.25. The lowest BCUT2D eigenvalue weighted by atomic mass is 10.3. The molecular formula is C13H19ClN4O3S. The predicted molar refractivity (Wildman–Crippen MR) is 84.4 cm³/mol. The Labute approximate surface area is 135 Å². The summed E-state index contributed by atoms with van der Waals surface area (Å²) in [6, 6.07) is 2.76. The maximum atomic E-state index is 12.2. The van der Waals surface area contributed by atoms with E-state index in [9.17, 15) is 8.42 Å². The fraction of sp³-hybridized carbons (Fsp3) is 0.538. The van der Waals surface area contributed by atoms with Gasteiger partial charge in [0.05, 0.1) is 24.1 Å². The van der Waals surface area contributed by atoms with Gasteiger partial charge in [0, 0.05) is 32.9 Å². The zero-order chi connectivity index (χ0) is 16.8. The average molecular weight is 347 g/mol. The van der Waals surface area contributed by atoms with Crippen molar-refractivity contribution in [3.05, 3.63) is 17.3 Å². The van der Waals surface area contributed by atoms with Crippen LogP contribution in [0.5, 0.6) is 0 Å². The van der Waals surface area contributed by atoms with E-state index in [4.69, 9.17) is 21.6 Å². The quantitative estimate of drug-likeness (QED) is 0.764. The summed E-state index contributed by atoms with van der Waals surface area (Å²) in [5.41, 5.74) is 0. The monoisotopic (exact) mass is 346 g/mol. The van der Waals surface area contributed by atoms with Crippen LogP contribution in [0.15, 0.2) is 17.2 Å². The van der Waals surface area contributed by atoms with E-state index in [0.29, 0.717) is 19.0 Å². The van der Waals surface area contributed by atoms with Crippen molar-refractivity contribution in [3.8, 4) is 6.07 Å². The van der Waals surface area contributed by atoms with Crippen LogP contribution >= 0.6 is 11.6 Å². The molecule has 0 aliphatic carbocycles. The van der Waals surface area contributed by atoms with Crippen LogP contribution in [0.3, 0.4) is 0 Å². The molecule has 0 amide bonds. The van der Waals surface area contributed by atoms with Crippen LogP contribution in [0.1, 0.15) is 13.3 Å². The zero-order valence-corrected chi connectivity index (χ0v) is 14.3. The van der Waals surface area contributed by atoms with Gasteiger partial charge in [0.25, 0.3) is 0 Å². The highest BCUT2D eigenvalue weighted by molar-refractivity contribution is 7.89. The van der Waals surface area contributed by atoms with Crippen LogP contribution in [0.4, 0.5) is 5.82 Å². The number of nitriles is 1. The highest BCUT2D eigenvalue weighted by Gasteiger charge is 2.20. The molecule has 7 nitrogen and oxygen atoms in total. The third-order valence-corrected chi connectivity index (χ3v) is 4.69. The molecule has 1 N–H and O–H groups in total. The van der Waals surface area contributed by atoms with Crippen LogP contribution < -0.4 is 9.62 Å². The van der Waals surface area contributed by atoms with E-state index >= 15 is 0 Å². The van der Waals surface area contributed by atoms with Gasteiger partial charge in [0.15, 0.2) is 0 Å². The Morgan fingerprint density at radius 1 is 1.59 bits per heavy atom. The molecule has 0 aromatic carbocycles. The second kappa shape index (κ2) is 8.29. The van der Waals surface area contributed by atoms with E-state index in [-0.39, 0.29) is 16.3 Å². The van der Waals surface area contributed by atoms with Gasteiger partial charge in [0.2, 0.25) is 10.0 Å². The molecule has 1 aromatic rings. The van der Waals surface area contributed by atoms with E-state index in [1.807, 2.05) is 6.07 Å². The summed E-state index contributed by atoms with van der Waals surface area (Å²) in [5.74, 6) is 0.475. The summed E-state index contributed by atoms with van der Waals surface area (Å²) in [6.07, 6.45) is 1.32. The largest absolute Gasteiger partial charge is 0.383 e. The number of anilines is 1. The molecule has 1 aromatic heterocycles. The number of nitrogens with one attached hydrogen (secondary N) is 1. The van der Waals surface area contributed by atoms with Gasteiger partial charge < -0.3 is 9.64 Å². The summed E-state index contributed by atoms with van der Waals surface area (Å²) >= 11 is 6.12. The van der Waals surface area contributed by atoms with Crippen LogP contribution in [-0.4, -0.2) is 46.8 Å². The van der Waals surface area contributed by atoms with E-state index in [0.717, 1.165) is 0 Å². The van der Waals surface area contributed by atoms with Crippen LogP contribution in [0.25, 0.3) is 0 Å². The first-order valence-corrected chi connectivity index (χ1v) is 8.42. The third-order valence-electron chi connectivity index (χ3n) is 2.85. The van der Waals surface area contributed by atoms with Crippen LogP contribution in [-0.2, 0) is 14.8 Å². The Kier molecular flexibility index (Phi) is 7.03. The lowest BCUT2D eigenvalue weighted by Gasteiger charge is -2.19. The Hall–Kier alpha value is -1.40. The van der Waals surface area contributed by atoms with Crippen molar-refractivity contribution in [1.29, 1.82) is 5.26 Å². The fourth-order valence-electron chi connectivity index (χ4n) is 1.69. The highest BCUT2D eigenvalue weighted by atomic mass is 35.5. The number of rotatable bonds is 8. The van der Waals surface area contributed by atoms with Crippen molar-refractivity contribution in [2.24, 2.45) is 0 Å². The Bertz CT molecular complexity index is 645. The van der Waals surface area contributed by atoms with E-state index in [1.165, 1.54) is 12.3 Å². The molecule has 122 valence electrons. The third kappa shape index (κ3) is 5.10. The first-order valence-electron chi connectivity index (χ1n) is 6.56. The molecule has 0 spiro atoms. The van der Waals surface area contributed by atoms with Gasteiger partial charge in [-0.1, -0.05) is 11.6 Å². The van der Waals surface area contributed by atoms with E-state index in [1.54, 1.807) is 26.0 Å². The topological polar surface area (TPSA) is 95.3 Å². The second-order valence-corrected chi connectivity index (χ2v) is 6.90. The fourth-order valence-corrected chi connectivity index (χ4v) is 3.28. The van der Waals surface area contributed by atoms with Gasteiger partial charge in [-0.3, -0.25) is 0 Å². The minimum absolute atomic E-state index is 0.0359. The summed E-state index contributed by atoms with van der Waals surface area (Å²) in [6.45, 7) is 2.69. The molecule has 1 unspecified atom stereocenters. The minimum Gasteiger partial charge on any atom is -0.383 e. The van der Waals surface area contributed by atoms with Crippen LogP contribution in [0, 0.1) is 11.3 Å². The first kappa shape index (κ1) is 18.6. The standard InChI is InChI=1S/C13H19ClN4O3S/c1-10(4-5-15)17-22(19,20)11-8-12(14)13(16-9-11)18(2)6-7-21-3/h8-10,17H,4,6-7H2,1-3H3. The number of nitrogens with zero attached hydrogens (tertiary/aromatic N) is 3. The Balaban J connectivity index is 2.95. The number of pyridine rings is 1. The molecule has 0 saturated heterocycles. The molecule has 0 saturated carbocycles. The normalized spacial score (nSPS) is 12.7. The number of likely N-dealkylation sites (N-methyl/N-ethyl adjacent to an activating group) is 1. The number of hydrogen-bond donors (Lipinski definition) is 1. The molecule has 22 heavy (non-hydrogen) atoms. The van der Waals surface area contributed by atoms with E-state index in [2.05, 4.69) is 9.71 Å². The molecule has 0 aliphatic heterocycles. The number of aromatic nitrogens is 1. The van der Waals surface area contributed by atoms with Crippen molar-refractivity contribution >= 4 is 27.4 Å². The number of hydrogen-bond acceptors (Lipinski definition) is 6. The average Bonchev–Trinajstić information content (AvgIpc) is 2.44. The second-order valence-electron chi connectivity index (χ2n) is 4.78. The number of methoxy groups -OCH3 is 1. The lowest BCUT2D eigenvalue weighted by molar-refractivity contribution is 0.206. The molecular weight excluding hydrogens is 328 g/mol. The van der Waals surface area contributed by atoms with Crippen LogP contribution in [0.2, 0.25) is 5.02 Å². The summed E-state index contributed by atoms with van der Waals surface area (Å²) in [7, 11) is -0.379. The molecule has 0 aliphatic rings. The molecule has 1 heterocycles. The van der Waals surface area contributed by atoms with Gasteiger partial charge in [-0.25, -0.2) is 18.1 Å². The molecule has 0 radical (unpaired) electrons. The summed E-state index contributed by atoms with van der Waals surface area (Å²) in [5, 5.41) is 8.81. The van der Waals surface area contributed by atoms with Gasteiger partial charge in [-0.15, -0.1) is 0 Å². The molecule has 1 atom stereocenters. The van der Waals surface area contributed by atoms with Crippen molar-refractivity contribution in [2.45, 2.75) is 24.3 Å². The summed E-state index contributed by atoms with van der Waals surface area (Å²) in [4.78, 5) is 5.84. The SMILES string of the molecule is COCCN(C)c1ncc(S(=O)(=O)NC(C)CC#N)cc1Cl. The van der Waals surface area contributed by atoms with Gasteiger partial charge in [-0.05, 0) is 13.0 Å². The molecule has 0 bridgehead atoms. The van der Waals surface area contributed by atoms with Gasteiger partial charge >= 0.3 is 0 Å². The van der Waals surface area contributed by atoms with Crippen molar-refractivity contribution in [1.82, 2.24) is 9.71 Å². The van der Waals surface area contributed by atoms with Crippen molar-refractivity contribution in [2.75, 3.05) is 32.2 Å². The minimum atomic E-state index is -3.75. The number of ether oxygens (including phenoxy) is 1. The smallest absolute Gasteiger partial charge is 0.242 e. The van der Waals surface area contributed by atoms with E-state index < -0.39 is 16.1 Å². The number of halogens is 1. The number of sulfonamides is 1. The lowest BCUT2D eigenvalue weighted by Crippen LogP contribution is -2.32. The van der Waals surface area contributed by atoms with Gasteiger partial charge in [0.1, 0.15) is 10.7 Å². The van der Waals surface area contributed by atoms with Crippen molar-refractivity contribution < 1.29 is 13.2 Å². The molecule has 9 heteroatoms. The first-order chi connectivity index (χ1) is 10.3. The van der Waals surface area contributed by atoms with Crippen molar-refractivity contribution in [3.63, 3.8) is 0 Å². The van der Waals surface area contributed by atoms with Gasteiger partial charge in [-0.2, -0.15) is 5.26 Å². The zero-order valence-electron chi connectivity index (χ0n) is 12.7. The Morgan fingerprint density at radius 2 is 2.27 bits per heavy atom.